The monoisotopic (exact) mass is 360 g/mol. The highest BCUT2D eigenvalue weighted by Crippen LogP contribution is 2.67. The first-order valence-corrected chi connectivity index (χ1v) is 11.5. The van der Waals surface area contributed by atoms with Crippen LogP contribution in [0, 0.1) is 22.7 Å². The summed E-state index contributed by atoms with van der Waals surface area (Å²) in [5.41, 5.74) is 1.09. The third-order valence-electron chi connectivity index (χ3n) is 7.69. The number of carbonyl (C=O) groups is 2. The zero-order valence-electron chi connectivity index (χ0n) is 17.3. The van der Waals surface area contributed by atoms with Crippen molar-refractivity contribution in [1.29, 1.82) is 0 Å². The fourth-order valence-electron chi connectivity index (χ4n) is 7.36. The van der Waals surface area contributed by atoms with Crippen LogP contribution in [0.5, 0.6) is 0 Å². The number of ketones is 2. The van der Waals surface area contributed by atoms with Gasteiger partial charge in [-0.1, -0.05) is 13.8 Å². The average molecular weight is 361 g/mol. The molecule has 0 saturated heterocycles. The van der Waals surface area contributed by atoms with E-state index in [1.807, 2.05) is 0 Å². The van der Waals surface area contributed by atoms with E-state index < -0.39 is 0 Å². The summed E-state index contributed by atoms with van der Waals surface area (Å²) in [7, 11) is 0. The van der Waals surface area contributed by atoms with Gasteiger partial charge in [0.05, 0.1) is 0 Å². The third kappa shape index (κ3) is 4.78. The minimum absolute atomic E-state index is 0.473. The van der Waals surface area contributed by atoms with E-state index in [1.54, 1.807) is 0 Å². The highest BCUT2D eigenvalue weighted by atomic mass is 16.1. The van der Waals surface area contributed by atoms with E-state index in [4.69, 9.17) is 0 Å². The van der Waals surface area contributed by atoms with Crippen LogP contribution in [-0.2, 0) is 9.59 Å². The number of Topliss-reactive ketones (excluding diaryl/α,β-unsaturated/α-hetero) is 2. The van der Waals surface area contributed by atoms with E-state index in [-0.39, 0.29) is 0 Å². The Morgan fingerprint density at radius 1 is 0.731 bits per heavy atom. The van der Waals surface area contributed by atoms with E-state index in [0.29, 0.717) is 22.4 Å². The van der Waals surface area contributed by atoms with E-state index in [1.165, 1.54) is 51.4 Å². The molecule has 4 saturated carbocycles. The standard InChI is InChI=1S/C24H40O2/c1-3-7-21(25)9-5-11-23-14-19-13-20(15-23)17-24(16-19,18-23)12-6-10-22(26)8-4-2/h19-20H,3-18H2,1-2H3. The Labute approximate surface area is 160 Å². The van der Waals surface area contributed by atoms with Gasteiger partial charge in [-0.3, -0.25) is 9.59 Å². The summed E-state index contributed by atoms with van der Waals surface area (Å²) < 4.78 is 0. The highest BCUT2D eigenvalue weighted by Gasteiger charge is 2.56. The molecular weight excluding hydrogens is 320 g/mol. The molecule has 0 aliphatic heterocycles. The lowest BCUT2D eigenvalue weighted by atomic mass is 9.42. The molecule has 0 N–H and O–H groups in total. The van der Waals surface area contributed by atoms with Crippen molar-refractivity contribution in [3.05, 3.63) is 0 Å². The molecule has 2 nitrogen and oxygen atoms in total. The molecule has 0 aromatic carbocycles. The molecule has 2 heteroatoms. The highest BCUT2D eigenvalue weighted by molar-refractivity contribution is 5.78. The van der Waals surface area contributed by atoms with Gasteiger partial charge in [0.15, 0.2) is 0 Å². The zero-order chi connectivity index (χ0) is 18.6. The van der Waals surface area contributed by atoms with E-state index in [9.17, 15) is 9.59 Å². The summed E-state index contributed by atoms with van der Waals surface area (Å²) in [6, 6.07) is 0. The summed E-state index contributed by atoms with van der Waals surface area (Å²) in [4.78, 5) is 23.8. The molecule has 26 heavy (non-hydrogen) atoms. The normalized spacial score (nSPS) is 35.0. The molecule has 0 radical (unpaired) electrons. The van der Waals surface area contributed by atoms with Crippen molar-refractivity contribution in [1.82, 2.24) is 0 Å². The zero-order valence-corrected chi connectivity index (χ0v) is 17.3. The first-order valence-electron chi connectivity index (χ1n) is 11.5. The first-order chi connectivity index (χ1) is 12.5. The van der Waals surface area contributed by atoms with Gasteiger partial charge in [-0.2, -0.15) is 0 Å². The summed E-state index contributed by atoms with van der Waals surface area (Å²) in [5.74, 6) is 2.82. The summed E-state index contributed by atoms with van der Waals surface area (Å²) >= 11 is 0. The molecule has 0 atom stereocenters. The second-order valence-electron chi connectivity index (χ2n) is 10.2. The second kappa shape index (κ2) is 8.57. The predicted molar refractivity (Wildman–Crippen MR) is 107 cm³/mol. The molecule has 0 spiro atoms. The van der Waals surface area contributed by atoms with Crippen molar-refractivity contribution in [2.24, 2.45) is 22.7 Å². The molecule has 0 aromatic heterocycles. The van der Waals surface area contributed by atoms with Crippen molar-refractivity contribution >= 4 is 11.6 Å². The predicted octanol–water partition coefficient (Wildman–Crippen LogP) is 6.65. The lowest BCUT2D eigenvalue weighted by molar-refractivity contribution is -0.124. The van der Waals surface area contributed by atoms with Crippen LogP contribution in [0.15, 0.2) is 0 Å². The van der Waals surface area contributed by atoms with Crippen LogP contribution in [0.2, 0.25) is 0 Å². The van der Waals surface area contributed by atoms with E-state index in [0.717, 1.165) is 63.2 Å². The minimum Gasteiger partial charge on any atom is -0.300 e. The van der Waals surface area contributed by atoms with Crippen molar-refractivity contribution in [2.45, 2.75) is 117 Å². The average Bonchev–Trinajstić information content (AvgIpc) is 2.53. The summed E-state index contributed by atoms with van der Waals surface area (Å²) in [6.45, 7) is 4.21. The smallest absolute Gasteiger partial charge is 0.132 e. The first kappa shape index (κ1) is 20.1. The van der Waals surface area contributed by atoms with Gasteiger partial charge in [0.25, 0.3) is 0 Å². The molecule has 0 amide bonds. The van der Waals surface area contributed by atoms with Crippen molar-refractivity contribution in [3.63, 3.8) is 0 Å². The van der Waals surface area contributed by atoms with E-state index in [2.05, 4.69) is 13.8 Å². The number of hydrogen-bond acceptors (Lipinski definition) is 2. The molecule has 0 aromatic rings. The Kier molecular flexibility index (Phi) is 6.62. The molecule has 4 aliphatic rings. The van der Waals surface area contributed by atoms with Crippen LogP contribution >= 0.6 is 0 Å². The third-order valence-corrected chi connectivity index (χ3v) is 7.69. The molecule has 4 aliphatic carbocycles. The Morgan fingerprint density at radius 2 is 1.15 bits per heavy atom. The van der Waals surface area contributed by atoms with Crippen LogP contribution in [0.25, 0.3) is 0 Å². The Morgan fingerprint density at radius 3 is 1.54 bits per heavy atom. The van der Waals surface area contributed by atoms with Gasteiger partial charge in [-0.05, 0) is 99.7 Å². The summed E-state index contributed by atoms with van der Waals surface area (Å²) in [5, 5.41) is 0. The largest absolute Gasteiger partial charge is 0.300 e. The Hall–Kier alpha value is -0.660. The Balaban J connectivity index is 1.54. The molecule has 0 unspecified atom stereocenters. The van der Waals surface area contributed by atoms with Gasteiger partial charge < -0.3 is 0 Å². The summed E-state index contributed by atoms with van der Waals surface area (Å²) in [6.07, 6.45) is 18.5. The maximum absolute atomic E-state index is 11.9. The van der Waals surface area contributed by atoms with Crippen LogP contribution in [-0.4, -0.2) is 11.6 Å². The minimum atomic E-state index is 0.473. The number of hydrogen-bond donors (Lipinski definition) is 0. The van der Waals surface area contributed by atoms with Crippen LogP contribution < -0.4 is 0 Å². The molecule has 4 fully saturated rings. The molecule has 4 rings (SSSR count). The van der Waals surface area contributed by atoms with E-state index >= 15 is 0 Å². The van der Waals surface area contributed by atoms with Crippen LogP contribution in [0.4, 0.5) is 0 Å². The van der Waals surface area contributed by atoms with Crippen molar-refractivity contribution < 1.29 is 9.59 Å². The van der Waals surface area contributed by atoms with Gasteiger partial charge in [0.1, 0.15) is 11.6 Å². The van der Waals surface area contributed by atoms with Gasteiger partial charge in [-0.25, -0.2) is 0 Å². The quantitative estimate of drug-likeness (QED) is 0.390. The number of rotatable bonds is 12. The Bertz CT molecular complexity index is 450. The molecular formula is C24H40O2. The maximum atomic E-state index is 11.9. The van der Waals surface area contributed by atoms with Crippen LogP contribution in [0.3, 0.4) is 0 Å². The topological polar surface area (TPSA) is 34.1 Å². The molecule has 4 bridgehead atoms. The lowest BCUT2D eigenvalue weighted by Crippen LogP contribution is -2.51. The number of carbonyl (C=O) groups excluding carboxylic acids is 2. The van der Waals surface area contributed by atoms with Crippen molar-refractivity contribution in [2.75, 3.05) is 0 Å². The maximum Gasteiger partial charge on any atom is 0.132 e. The SMILES string of the molecule is CCCC(=O)CCCC12CC3CC(C1)CC(CCCC(=O)CCC)(C3)C2. The van der Waals surface area contributed by atoms with Gasteiger partial charge in [0.2, 0.25) is 0 Å². The van der Waals surface area contributed by atoms with Crippen LogP contribution in [0.1, 0.15) is 117 Å². The molecule has 0 heterocycles. The second-order valence-corrected chi connectivity index (χ2v) is 10.2. The molecule has 148 valence electrons. The van der Waals surface area contributed by atoms with Gasteiger partial charge >= 0.3 is 0 Å². The fourth-order valence-corrected chi connectivity index (χ4v) is 7.36. The fraction of sp³-hybridized carbons (Fsp3) is 0.917. The lowest BCUT2D eigenvalue weighted by Gasteiger charge is -2.63. The van der Waals surface area contributed by atoms with Gasteiger partial charge in [-0.15, -0.1) is 0 Å². The van der Waals surface area contributed by atoms with Gasteiger partial charge in [0, 0.05) is 25.7 Å². The van der Waals surface area contributed by atoms with Crippen molar-refractivity contribution in [3.8, 4) is 0 Å².